The van der Waals surface area contributed by atoms with Crippen molar-refractivity contribution in [2.45, 2.75) is 32.6 Å². The molecule has 21 heavy (non-hydrogen) atoms. The van der Waals surface area contributed by atoms with Crippen molar-refractivity contribution in [1.82, 2.24) is 4.90 Å². The van der Waals surface area contributed by atoms with Crippen LogP contribution in [0, 0.1) is 0 Å². The van der Waals surface area contributed by atoms with Gasteiger partial charge in [0.05, 0.1) is 6.54 Å². The second-order valence-electron chi connectivity index (χ2n) is 6.19. The predicted molar refractivity (Wildman–Crippen MR) is 82.0 cm³/mol. The standard InChI is InChI=1S/C15H23N3O3/c1-15(2,3)21-14(20)17-8-9-18(13(19)10-17)12-6-4-11(16)5-7-12/h4-7,13,19H,8-10,16H2,1-3H3. The number of nitrogen functional groups attached to an aromatic ring is 1. The number of piperazine rings is 1. The average molecular weight is 293 g/mol. The number of aliphatic hydroxyl groups excluding tert-OH is 1. The van der Waals surface area contributed by atoms with Crippen LogP contribution in [0.25, 0.3) is 0 Å². The number of rotatable bonds is 1. The molecule has 0 radical (unpaired) electrons. The Balaban J connectivity index is 1.99. The van der Waals surface area contributed by atoms with Crippen LogP contribution in [-0.4, -0.2) is 47.6 Å². The summed E-state index contributed by atoms with van der Waals surface area (Å²) < 4.78 is 5.32. The molecule has 6 nitrogen and oxygen atoms in total. The second kappa shape index (κ2) is 5.81. The first-order valence-electron chi connectivity index (χ1n) is 7.04. The average Bonchev–Trinajstić information content (AvgIpc) is 2.38. The molecular weight excluding hydrogens is 270 g/mol. The number of nitrogens with two attached hydrogens (primary N) is 1. The molecule has 1 saturated heterocycles. The molecule has 116 valence electrons. The van der Waals surface area contributed by atoms with Gasteiger partial charge >= 0.3 is 6.09 Å². The fourth-order valence-electron chi connectivity index (χ4n) is 2.22. The number of ether oxygens (including phenoxy) is 1. The van der Waals surface area contributed by atoms with Crippen LogP contribution in [0.2, 0.25) is 0 Å². The van der Waals surface area contributed by atoms with Gasteiger partial charge in [-0.15, -0.1) is 0 Å². The first-order valence-corrected chi connectivity index (χ1v) is 7.04. The fourth-order valence-corrected chi connectivity index (χ4v) is 2.22. The molecule has 0 aromatic heterocycles. The summed E-state index contributed by atoms with van der Waals surface area (Å²) in [6.07, 6.45) is -1.15. The van der Waals surface area contributed by atoms with Gasteiger partial charge in [-0.1, -0.05) is 0 Å². The molecule has 6 heteroatoms. The molecule has 1 aliphatic heterocycles. The van der Waals surface area contributed by atoms with E-state index in [0.717, 1.165) is 5.69 Å². The number of nitrogens with zero attached hydrogens (tertiary/aromatic N) is 2. The lowest BCUT2D eigenvalue weighted by molar-refractivity contribution is 0.00737. The predicted octanol–water partition coefficient (Wildman–Crippen LogP) is 1.64. The maximum Gasteiger partial charge on any atom is 0.410 e. The van der Waals surface area contributed by atoms with E-state index in [1.165, 1.54) is 4.90 Å². The first-order chi connectivity index (χ1) is 9.76. The summed E-state index contributed by atoms with van der Waals surface area (Å²) >= 11 is 0. The third kappa shape index (κ3) is 4.01. The van der Waals surface area contributed by atoms with Crippen LogP contribution in [0.3, 0.4) is 0 Å². The minimum atomic E-state index is -0.755. The lowest BCUT2D eigenvalue weighted by atomic mass is 10.2. The van der Waals surface area contributed by atoms with Crippen LogP contribution < -0.4 is 10.6 Å². The summed E-state index contributed by atoms with van der Waals surface area (Å²) in [5, 5.41) is 10.3. The molecule has 1 amide bonds. The van der Waals surface area contributed by atoms with Crippen molar-refractivity contribution in [1.29, 1.82) is 0 Å². The van der Waals surface area contributed by atoms with Crippen LogP contribution in [0.1, 0.15) is 20.8 Å². The maximum absolute atomic E-state index is 12.0. The van der Waals surface area contributed by atoms with E-state index in [4.69, 9.17) is 10.5 Å². The van der Waals surface area contributed by atoms with E-state index in [1.807, 2.05) is 37.8 Å². The highest BCUT2D eigenvalue weighted by Crippen LogP contribution is 2.22. The van der Waals surface area contributed by atoms with E-state index in [2.05, 4.69) is 0 Å². The van der Waals surface area contributed by atoms with Crippen molar-refractivity contribution in [2.75, 3.05) is 30.3 Å². The molecule has 1 unspecified atom stereocenters. The highest BCUT2D eigenvalue weighted by Gasteiger charge is 2.30. The minimum absolute atomic E-state index is 0.222. The number of hydrogen-bond donors (Lipinski definition) is 2. The molecule has 3 N–H and O–H groups in total. The fraction of sp³-hybridized carbons (Fsp3) is 0.533. The van der Waals surface area contributed by atoms with Crippen LogP contribution in [0.15, 0.2) is 24.3 Å². The van der Waals surface area contributed by atoms with Crippen LogP contribution in [0.5, 0.6) is 0 Å². The summed E-state index contributed by atoms with van der Waals surface area (Å²) in [4.78, 5) is 15.4. The largest absolute Gasteiger partial charge is 0.444 e. The van der Waals surface area contributed by atoms with Crippen molar-refractivity contribution in [3.8, 4) is 0 Å². The quantitative estimate of drug-likeness (QED) is 0.770. The molecule has 0 saturated carbocycles. The van der Waals surface area contributed by atoms with Gasteiger partial charge in [-0.3, -0.25) is 0 Å². The number of carbonyl (C=O) groups excluding carboxylic acids is 1. The Labute approximate surface area is 125 Å². The Morgan fingerprint density at radius 2 is 1.90 bits per heavy atom. The van der Waals surface area contributed by atoms with Crippen molar-refractivity contribution in [3.05, 3.63) is 24.3 Å². The van der Waals surface area contributed by atoms with E-state index >= 15 is 0 Å². The number of benzene rings is 1. The minimum Gasteiger partial charge on any atom is -0.444 e. The van der Waals surface area contributed by atoms with Crippen LogP contribution in [0.4, 0.5) is 16.2 Å². The maximum atomic E-state index is 12.0. The molecule has 0 aliphatic carbocycles. The Kier molecular flexibility index (Phi) is 4.27. The van der Waals surface area contributed by atoms with E-state index in [-0.39, 0.29) is 6.54 Å². The van der Waals surface area contributed by atoms with Gasteiger partial charge in [0, 0.05) is 24.5 Å². The van der Waals surface area contributed by atoms with Gasteiger partial charge < -0.3 is 25.4 Å². The zero-order chi connectivity index (χ0) is 15.6. The Morgan fingerprint density at radius 1 is 1.29 bits per heavy atom. The third-order valence-corrected chi connectivity index (χ3v) is 3.23. The highest BCUT2D eigenvalue weighted by molar-refractivity contribution is 5.68. The van der Waals surface area contributed by atoms with Gasteiger partial charge in [0.1, 0.15) is 11.8 Å². The molecule has 1 fully saturated rings. The molecule has 2 rings (SSSR count). The molecule has 1 heterocycles. The Hall–Kier alpha value is -1.95. The molecule has 0 bridgehead atoms. The number of amides is 1. The van der Waals surface area contributed by atoms with Crippen molar-refractivity contribution in [3.63, 3.8) is 0 Å². The van der Waals surface area contributed by atoms with Gasteiger partial charge in [0.15, 0.2) is 0 Å². The highest BCUT2D eigenvalue weighted by atomic mass is 16.6. The molecule has 1 aromatic carbocycles. The number of β-amino-alcohol motifs (C(OH)–C–C–N with tert-alkyl or cyclic N) is 1. The molecule has 1 atom stereocenters. The number of hydrogen-bond acceptors (Lipinski definition) is 5. The van der Waals surface area contributed by atoms with Crippen molar-refractivity contribution in [2.24, 2.45) is 0 Å². The molecular formula is C15H23N3O3. The molecule has 1 aromatic rings. The number of aliphatic hydroxyl groups is 1. The van der Waals surface area contributed by atoms with E-state index in [1.54, 1.807) is 12.1 Å². The van der Waals surface area contributed by atoms with Gasteiger partial charge in [0.25, 0.3) is 0 Å². The zero-order valence-electron chi connectivity index (χ0n) is 12.7. The Morgan fingerprint density at radius 3 is 2.43 bits per heavy atom. The monoisotopic (exact) mass is 293 g/mol. The van der Waals surface area contributed by atoms with Gasteiger partial charge in [-0.2, -0.15) is 0 Å². The van der Waals surface area contributed by atoms with Gasteiger partial charge in [-0.25, -0.2) is 4.79 Å². The zero-order valence-corrected chi connectivity index (χ0v) is 12.7. The summed E-state index contributed by atoms with van der Waals surface area (Å²) in [6.45, 7) is 6.75. The second-order valence-corrected chi connectivity index (χ2v) is 6.19. The summed E-state index contributed by atoms with van der Waals surface area (Å²) in [5.41, 5.74) is 6.70. The molecule has 1 aliphatic rings. The van der Waals surface area contributed by atoms with E-state index in [0.29, 0.717) is 18.8 Å². The molecule has 0 spiro atoms. The van der Waals surface area contributed by atoms with Gasteiger partial charge in [0.2, 0.25) is 0 Å². The van der Waals surface area contributed by atoms with Crippen molar-refractivity contribution < 1.29 is 14.6 Å². The third-order valence-electron chi connectivity index (χ3n) is 3.23. The van der Waals surface area contributed by atoms with E-state index in [9.17, 15) is 9.90 Å². The number of carbonyl (C=O) groups is 1. The first kappa shape index (κ1) is 15.4. The number of anilines is 2. The van der Waals surface area contributed by atoms with Crippen molar-refractivity contribution >= 4 is 17.5 Å². The lowest BCUT2D eigenvalue weighted by Crippen LogP contribution is -2.55. The Bertz CT molecular complexity index is 496. The summed E-state index contributed by atoms with van der Waals surface area (Å²) in [6, 6.07) is 7.31. The van der Waals surface area contributed by atoms with Crippen LogP contribution >= 0.6 is 0 Å². The van der Waals surface area contributed by atoms with Crippen LogP contribution in [-0.2, 0) is 4.74 Å². The topological polar surface area (TPSA) is 79.0 Å². The smallest absolute Gasteiger partial charge is 0.410 e. The SMILES string of the molecule is CC(C)(C)OC(=O)N1CCN(c2ccc(N)cc2)C(O)C1. The summed E-state index contributed by atoms with van der Waals surface area (Å²) in [7, 11) is 0. The van der Waals surface area contributed by atoms with Gasteiger partial charge in [-0.05, 0) is 45.0 Å². The normalized spacial score (nSPS) is 19.5. The van der Waals surface area contributed by atoms with E-state index < -0.39 is 17.9 Å². The lowest BCUT2D eigenvalue weighted by Gasteiger charge is -2.40. The summed E-state index contributed by atoms with van der Waals surface area (Å²) in [5.74, 6) is 0.